The molecule has 0 spiro atoms. The lowest BCUT2D eigenvalue weighted by Crippen LogP contribution is -2.28. The van der Waals surface area contributed by atoms with E-state index >= 15 is 0 Å². The van der Waals surface area contributed by atoms with E-state index in [1.807, 2.05) is 25.1 Å². The molecule has 1 rings (SSSR count). The van der Waals surface area contributed by atoms with E-state index in [0.29, 0.717) is 0 Å². The molecule has 0 saturated carbocycles. The largest absolute Gasteiger partial charge is 0.399 e. The molecule has 0 bridgehead atoms. The summed E-state index contributed by atoms with van der Waals surface area (Å²) in [5.41, 5.74) is 7.65. The first-order valence-corrected chi connectivity index (χ1v) is 6.36. The van der Waals surface area contributed by atoms with Crippen molar-refractivity contribution in [3.05, 3.63) is 21.8 Å². The number of nitrogens with zero attached hydrogens (tertiary/aromatic N) is 2. The molecule has 0 fully saturated rings. The first-order chi connectivity index (χ1) is 7.58. The van der Waals surface area contributed by atoms with Crippen molar-refractivity contribution in [2.45, 2.75) is 13.8 Å². The Hall–Kier alpha value is -0.960. The normalized spacial score (nSPS) is 11.9. The Morgan fingerprint density at radius 1 is 1.56 bits per heavy atom. The van der Waals surface area contributed by atoms with Crippen LogP contribution in [-0.2, 0) is 0 Å². The molecule has 1 atom stereocenters. The quantitative estimate of drug-likeness (QED) is 0.683. The van der Waals surface area contributed by atoms with Crippen LogP contribution in [-0.4, -0.2) is 13.1 Å². The average molecular weight is 329 g/mol. The summed E-state index contributed by atoms with van der Waals surface area (Å²) >= 11 is 2.28. The first kappa shape index (κ1) is 13.1. The van der Waals surface area contributed by atoms with Crippen molar-refractivity contribution < 1.29 is 0 Å². The summed E-state index contributed by atoms with van der Waals surface area (Å²) in [6.07, 6.45) is 0. The lowest BCUT2D eigenvalue weighted by atomic mass is 10.1. The molecule has 0 aliphatic heterocycles. The van der Waals surface area contributed by atoms with Gasteiger partial charge < -0.3 is 10.6 Å². The van der Waals surface area contributed by atoms with E-state index < -0.39 is 0 Å². The molecule has 3 nitrogen and oxygen atoms in total. The second-order valence-electron chi connectivity index (χ2n) is 3.78. The van der Waals surface area contributed by atoms with Gasteiger partial charge in [0, 0.05) is 22.3 Å². The Labute approximate surface area is 110 Å². The van der Waals surface area contributed by atoms with Gasteiger partial charge in [0.1, 0.15) is 0 Å². The molecule has 0 aliphatic rings. The zero-order valence-electron chi connectivity index (χ0n) is 9.57. The number of hydrogen-bond acceptors (Lipinski definition) is 3. The van der Waals surface area contributed by atoms with E-state index in [9.17, 15) is 0 Å². The molecule has 0 aliphatic carbocycles. The lowest BCUT2D eigenvalue weighted by Gasteiger charge is -2.25. The summed E-state index contributed by atoms with van der Waals surface area (Å²) in [4.78, 5) is 2.20. The number of benzene rings is 1. The Kier molecular flexibility index (Phi) is 4.87. The average Bonchev–Trinajstić information content (AvgIpc) is 2.26. The van der Waals surface area contributed by atoms with Crippen LogP contribution in [0.3, 0.4) is 0 Å². The van der Waals surface area contributed by atoms with Crippen LogP contribution in [0.4, 0.5) is 11.4 Å². The SMILES string of the molecule is CCN(CC(C)C#N)c1ccc(N)cc1I. The highest BCUT2D eigenvalue weighted by Gasteiger charge is 2.11. The van der Waals surface area contributed by atoms with Gasteiger partial charge in [-0.3, -0.25) is 0 Å². The number of rotatable bonds is 4. The number of nitriles is 1. The number of nitrogen functional groups attached to an aromatic ring is 1. The summed E-state index contributed by atoms with van der Waals surface area (Å²) in [6, 6.07) is 8.13. The maximum Gasteiger partial charge on any atom is 0.0671 e. The smallest absolute Gasteiger partial charge is 0.0671 e. The van der Waals surface area contributed by atoms with Crippen molar-refractivity contribution in [1.29, 1.82) is 5.26 Å². The molecular weight excluding hydrogens is 313 g/mol. The summed E-state index contributed by atoms with van der Waals surface area (Å²) < 4.78 is 1.13. The Balaban J connectivity index is 2.91. The monoisotopic (exact) mass is 329 g/mol. The van der Waals surface area contributed by atoms with Crippen LogP contribution in [0.15, 0.2) is 18.2 Å². The van der Waals surface area contributed by atoms with Crippen molar-refractivity contribution in [2.24, 2.45) is 5.92 Å². The predicted molar refractivity (Wildman–Crippen MR) is 76.2 cm³/mol. The van der Waals surface area contributed by atoms with Gasteiger partial charge >= 0.3 is 0 Å². The van der Waals surface area contributed by atoms with Crippen molar-refractivity contribution in [3.63, 3.8) is 0 Å². The highest BCUT2D eigenvalue weighted by molar-refractivity contribution is 14.1. The summed E-state index contributed by atoms with van der Waals surface area (Å²) in [7, 11) is 0. The Morgan fingerprint density at radius 3 is 2.75 bits per heavy atom. The van der Waals surface area contributed by atoms with E-state index in [-0.39, 0.29) is 5.92 Å². The molecule has 16 heavy (non-hydrogen) atoms. The van der Waals surface area contributed by atoms with E-state index in [0.717, 1.165) is 28.0 Å². The van der Waals surface area contributed by atoms with Crippen molar-refractivity contribution in [1.82, 2.24) is 0 Å². The maximum atomic E-state index is 8.84. The summed E-state index contributed by atoms with van der Waals surface area (Å²) in [5, 5.41) is 8.84. The minimum Gasteiger partial charge on any atom is -0.399 e. The third-order valence-corrected chi connectivity index (χ3v) is 3.27. The fourth-order valence-corrected chi connectivity index (χ4v) is 2.43. The van der Waals surface area contributed by atoms with Gasteiger partial charge in [0.2, 0.25) is 0 Å². The third-order valence-electron chi connectivity index (χ3n) is 2.41. The molecule has 0 amide bonds. The molecule has 0 aromatic heterocycles. The second kappa shape index (κ2) is 5.94. The molecule has 0 saturated heterocycles. The second-order valence-corrected chi connectivity index (χ2v) is 4.94. The van der Waals surface area contributed by atoms with E-state index in [2.05, 4.69) is 40.5 Å². The number of nitrogens with two attached hydrogens (primary N) is 1. The molecule has 4 heteroatoms. The van der Waals surface area contributed by atoms with Gasteiger partial charge in [0.05, 0.1) is 17.7 Å². The highest BCUT2D eigenvalue weighted by atomic mass is 127. The van der Waals surface area contributed by atoms with Crippen LogP contribution in [0.5, 0.6) is 0 Å². The summed E-state index contributed by atoms with van der Waals surface area (Å²) in [5.74, 6) is 0.0355. The van der Waals surface area contributed by atoms with E-state index in [1.54, 1.807) is 0 Å². The maximum absolute atomic E-state index is 8.84. The fraction of sp³-hybridized carbons (Fsp3) is 0.417. The number of hydrogen-bond donors (Lipinski definition) is 1. The minimum atomic E-state index is 0.0355. The van der Waals surface area contributed by atoms with Crippen LogP contribution in [0.1, 0.15) is 13.8 Å². The molecule has 1 aromatic rings. The molecular formula is C12H16IN3. The molecule has 2 N–H and O–H groups in total. The van der Waals surface area contributed by atoms with Gasteiger partial charge in [-0.15, -0.1) is 0 Å². The van der Waals surface area contributed by atoms with Crippen LogP contribution >= 0.6 is 22.6 Å². The first-order valence-electron chi connectivity index (χ1n) is 5.28. The molecule has 1 aromatic carbocycles. The molecule has 86 valence electrons. The van der Waals surface area contributed by atoms with Crippen LogP contribution < -0.4 is 10.6 Å². The Morgan fingerprint density at radius 2 is 2.25 bits per heavy atom. The minimum absolute atomic E-state index is 0.0355. The van der Waals surface area contributed by atoms with Gasteiger partial charge in [-0.1, -0.05) is 0 Å². The van der Waals surface area contributed by atoms with Crippen LogP contribution in [0.25, 0.3) is 0 Å². The van der Waals surface area contributed by atoms with Gasteiger partial charge in [-0.05, 0) is 54.6 Å². The zero-order chi connectivity index (χ0) is 12.1. The van der Waals surface area contributed by atoms with Crippen molar-refractivity contribution in [3.8, 4) is 6.07 Å². The number of anilines is 2. The highest BCUT2D eigenvalue weighted by Crippen LogP contribution is 2.25. The Bertz CT molecular complexity index is 398. The van der Waals surface area contributed by atoms with Gasteiger partial charge in [-0.25, -0.2) is 0 Å². The lowest BCUT2D eigenvalue weighted by molar-refractivity contribution is 0.685. The standard InChI is InChI=1S/C12H16IN3/c1-3-16(8-9(2)7-14)12-5-4-10(15)6-11(12)13/h4-6,9H,3,8,15H2,1-2H3. The zero-order valence-corrected chi connectivity index (χ0v) is 11.7. The predicted octanol–water partition coefficient (Wildman–Crippen LogP) is 2.86. The van der Waals surface area contributed by atoms with Gasteiger partial charge in [0.15, 0.2) is 0 Å². The van der Waals surface area contributed by atoms with Crippen LogP contribution in [0, 0.1) is 20.8 Å². The van der Waals surface area contributed by atoms with E-state index in [1.165, 1.54) is 0 Å². The van der Waals surface area contributed by atoms with Crippen LogP contribution in [0.2, 0.25) is 0 Å². The molecule has 1 unspecified atom stereocenters. The van der Waals surface area contributed by atoms with Gasteiger partial charge in [-0.2, -0.15) is 5.26 Å². The number of halogens is 1. The fourth-order valence-electron chi connectivity index (χ4n) is 1.55. The van der Waals surface area contributed by atoms with Crippen molar-refractivity contribution in [2.75, 3.05) is 23.7 Å². The summed E-state index contributed by atoms with van der Waals surface area (Å²) in [6.45, 7) is 5.68. The molecule has 0 radical (unpaired) electrons. The van der Waals surface area contributed by atoms with Crippen molar-refractivity contribution >= 4 is 34.0 Å². The van der Waals surface area contributed by atoms with E-state index in [4.69, 9.17) is 11.0 Å². The van der Waals surface area contributed by atoms with Gasteiger partial charge in [0.25, 0.3) is 0 Å². The molecule has 0 heterocycles. The third kappa shape index (κ3) is 3.27. The topological polar surface area (TPSA) is 53.0 Å².